The number of halogens is 1. The Balaban J connectivity index is 1.50. The van der Waals surface area contributed by atoms with Gasteiger partial charge >= 0.3 is 0 Å². The number of nitrogen functional groups attached to an aromatic ring is 1. The van der Waals surface area contributed by atoms with E-state index < -0.39 is 0 Å². The highest BCUT2D eigenvalue weighted by Crippen LogP contribution is 2.22. The van der Waals surface area contributed by atoms with E-state index in [-0.39, 0.29) is 11.7 Å². The van der Waals surface area contributed by atoms with Crippen LogP contribution >= 0.6 is 0 Å². The van der Waals surface area contributed by atoms with E-state index in [0.717, 1.165) is 40.8 Å². The molecule has 0 radical (unpaired) electrons. The topological polar surface area (TPSA) is 78.6 Å². The first-order valence-electron chi connectivity index (χ1n) is 8.76. The Bertz CT molecular complexity index is 1100. The van der Waals surface area contributed by atoms with Gasteiger partial charge in [0, 0.05) is 11.1 Å². The van der Waals surface area contributed by atoms with Gasteiger partial charge in [0.15, 0.2) is 0 Å². The zero-order valence-corrected chi connectivity index (χ0v) is 14.7. The second kappa shape index (κ2) is 7.03. The number of nitrogens with one attached hydrogen (secondary N) is 2. The van der Waals surface area contributed by atoms with Gasteiger partial charge < -0.3 is 10.7 Å². The summed E-state index contributed by atoms with van der Waals surface area (Å²) < 4.78 is 13.0. The molecule has 0 aliphatic heterocycles. The fourth-order valence-corrected chi connectivity index (χ4v) is 3.08. The maximum atomic E-state index is 13.0. The van der Waals surface area contributed by atoms with Gasteiger partial charge in [-0.2, -0.15) is 0 Å². The quantitative estimate of drug-likeness (QED) is 0.364. The largest absolute Gasteiger partial charge is 0.384 e. The van der Waals surface area contributed by atoms with Gasteiger partial charge in [-0.05, 0) is 54.3 Å². The standard InChI is InChI=1S/C22H19FN4/c23-18-10-5-15(6-11-18)2-1-14-3-7-16(8-4-14)22-26-19-12-9-17(21(24)25)13-20(19)27-22/h3-13H,1-2H2,(H3,24,25)(H,26,27). The number of nitrogens with zero attached hydrogens (tertiary/aromatic N) is 1. The van der Waals surface area contributed by atoms with Crippen LogP contribution < -0.4 is 5.73 Å². The molecule has 0 saturated carbocycles. The first-order valence-corrected chi connectivity index (χ1v) is 8.76. The number of aromatic nitrogens is 2. The van der Waals surface area contributed by atoms with E-state index in [1.54, 1.807) is 6.07 Å². The number of nitrogens with two attached hydrogens (primary N) is 1. The van der Waals surface area contributed by atoms with Crippen LogP contribution in [0.4, 0.5) is 4.39 Å². The fraction of sp³-hybridized carbons (Fsp3) is 0.0909. The molecule has 4 nitrogen and oxygen atoms in total. The number of benzene rings is 3. The Labute approximate surface area is 156 Å². The van der Waals surface area contributed by atoms with Crippen LogP contribution in [0, 0.1) is 11.2 Å². The lowest BCUT2D eigenvalue weighted by Gasteiger charge is -2.04. The molecule has 0 amide bonds. The van der Waals surface area contributed by atoms with Crippen molar-refractivity contribution in [2.45, 2.75) is 12.8 Å². The van der Waals surface area contributed by atoms with Gasteiger partial charge in [-0.3, -0.25) is 5.41 Å². The number of fused-ring (bicyclic) bond motifs is 1. The second-order valence-corrected chi connectivity index (χ2v) is 6.55. The van der Waals surface area contributed by atoms with E-state index in [0.29, 0.717) is 5.56 Å². The van der Waals surface area contributed by atoms with Crippen LogP contribution in [0.1, 0.15) is 16.7 Å². The van der Waals surface area contributed by atoms with Crippen LogP contribution in [-0.2, 0) is 12.8 Å². The third-order valence-electron chi connectivity index (χ3n) is 4.64. The summed E-state index contributed by atoms with van der Waals surface area (Å²) in [5.74, 6) is 0.624. The lowest BCUT2D eigenvalue weighted by molar-refractivity contribution is 0.627. The monoisotopic (exact) mass is 358 g/mol. The SMILES string of the molecule is N=C(N)c1ccc2nc(-c3ccc(CCc4ccc(F)cc4)cc3)[nH]c2c1. The molecule has 5 heteroatoms. The number of amidine groups is 1. The highest BCUT2D eigenvalue weighted by atomic mass is 19.1. The van der Waals surface area contributed by atoms with E-state index in [9.17, 15) is 4.39 Å². The van der Waals surface area contributed by atoms with Crippen LogP contribution in [0.15, 0.2) is 66.7 Å². The lowest BCUT2D eigenvalue weighted by Crippen LogP contribution is -2.10. The Morgan fingerprint density at radius 3 is 2.19 bits per heavy atom. The first-order chi connectivity index (χ1) is 13.1. The number of aromatic amines is 1. The molecule has 1 heterocycles. The van der Waals surface area contributed by atoms with Gasteiger partial charge in [-0.15, -0.1) is 0 Å². The molecule has 134 valence electrons. The third-order valence-corrected chi connectivity index (χ3v) is 4.64. The summed E-state index contributed by atoms with van der Waals surface area (Å²) in [6.07, 6.45) is 1.77. The smallest absolute Gasteiger partial charge is 0.138 e. The summed E-state index contributed by atoms with van der Waals surface area (Å²) in [4.78, 5) is 7.90. The Morgan fingerprint density at radius 2 is 1.56 bits per heavy atom. The van der Waals surface area contributed by atoms with Crippen LogP contribution in [0.5, 0.6) is 0 Å². The Morgan fingerprint density at radius 1 is 0.926 bits per heavy atom. The molecule has 3 aromatic carbocycles. The van der Waals surface area contributed by atoms with Gasteiger partial charge in [0.25, 0.3) is 0 Å². The Kier molecular flexibility index (Phi) is 4.42. The number of aryl methyl sites for hydroxylation is 2. The van der Waals surface area contributed by atoms with E-state index in [1.807, 2.05) is 36.4 Å². The van der Waals surface area contributed by atoms with Gasteiger partial charge in [0.2, 0.25) is 0 Å². The highest BCUT2D eigenvalue weighted by molar-refractivity contribution is 5.98. The summed E-state index contributed by atoms with van der Waals surface area (Å²) in [5.41, 5.74) is 11.3. The van der Waals surface area contributed by atoms with Crippen LogP contribution in [0.3, 0.4) is 0 Å². The molecule has 27 heavy (non-hydrogen) atoms. The predicted molar refractivity (Wildman–Crippen MR) is 106 cm³/mol. The fourth-order valence-electron chi connectivity index (χ4n) is 3.08. The molecule has 4 rings (SSSR count). The maximum Gasteiger partial charge on any atom is 0.138 e. The molecule has 4 N–H and O–H groups in total. The zero-order valence-electron chi connectivity index (χ0n) is 14.7. The van der Waals surface area contributed by atoms with Gasteiger partial charge in [0.1, 0.15) is 17.5 Å². The summed E-state index contributed by atoms with van der Waals surface area (Å²) in [6.45, 7) is 0. The van der Waals surface area contributed by atoms with Gasteiger partial charge in [-0.25, -0.2) is 9.37 Å². The van der Waals surface area contributed by atoms with Crippen molar-refractivity contribution in [1.29, 1.82) is 5.41 Å². The molecular weight excluding hydrogens is 339 g/mol. The number of rotatable bonds is 5. The second-order valence-electron chi connectivity index (χ2n) is 6.55. The first kappa shape index (κ1) is 17.0. The van der Waals surface area contributed by atoms with Crippen molar-refractivity contribution in [2.75, 3.05) is 0 Å². The summed E-state index contributed by atoms with van der Waals surface area (Å²) >= 11 is 0. The van der Waals surface area contributed by atoms with Gasteiger partial charge in [-0.1, -0.05) is 36.4 Å². The molecule has 0 spiro atoms. The number of hydrogen-bond acceptors (Lipinski definition) is 2. The van der Waals surface area contributed by atoms with Crippen LogP contribution in [0.25, 0.3) is 22.4 Å². The van der Waals surface area contributed by atoms with Crippen molar-refractivity contribution >= 4 is 16.9 Å². The van der Waals surface area contributed by atoms with Crippen LogP contribution in [0.2, 0.25) is 0 Å². The molecular formula is C22H19FN4. The molecule has 0 aliphatic rings. The minimum absolute atomic E-state index is 0.0403. The number of hydrogen-bond donors (Lipinski definition) is 3. The zero-order chi connectivity index (χ0) is 18.8. The summed E-state index contributed by atoms with van der Waals surface area (Å²) in [5, 5.41) is 7.54. The van der Waals surface area contributed by atoms with Gasteiger partial charge in [0.05, 0.1) is 11.0 Å². The van der Waals surface area contributed by atoms with Crippen molar-refractivity contribution < 1.29 is 4.39 Å². The maximum absolute atomic E-state index is 13.0. The van der Waals surface area contributed by atoms with Crippen molar-refractivity contribution in [3.05, 3.63) is 89.2 Å². The van der Waals surface area contributed by atoms with Crippen LogP contribution in [-0.4, -0.2) is 15.8 Å². The molecule has 0 fully saturated rings. The molecule has 0 aliphatic carbocycles. The average Bonchev–Trinajstić information content (AvgIpc) is 3.11. The van der Waals surface area contributed by atoms with E-state index in [1.165, 1.54) is 17.7 Å². The molecule has 0 bridgehead atoms. The molecule has 0 saturated heterocycles. The van der Waals surface area contributed by atoms with Crippen molar-refractivity contribution in [2.24, 2.45) is 5.73 Å². The predicted octanol–water partition coefficient (Wildman–Crippen LogP) is 4.44. The van der Waals surface area contributed by atoms with E-state index >= 15 is 0 Å². The number of imidazole rings is 1. The molecule has 0 atom stereocenters. The van der Waals surface area contributed by atoms with E-state index in [4.69, 9.17) is 11.1 Å². The minimum Gasteiger partial charge on any atom is -0.384 e. The minimum atomic E-state index is -0.204. The van der Waals surface area contributed by atoms with Crippen molar-refractivity contribution in [1.82, 2.24) is 9.97 Å². The normalized spacial score (nSPS) is 11.0. The lowest BCUT2D eigenvalue weighted by atomic mass is 10.0. The summed E-state index contributed by atoms with van der Waals surface area (Å²) in [6, 6.07) is 20.4. The molecule has 0 unspecified atom stereocenters. The number of H-pyrrole nitrogens is 1. The van der Waals surface area contributed by atoms with Crippen molar-refractivity contribution in [3.8, 4) is 11.4 Å². The van der Waals surface area contributed by atoms with E-state index in [2.05, 4.69) is 22.1 Å². The molecule has 4 aromatic rings. The average molecular weight is 358 g/mol. The van der Waals surface area contributed by atoms with Crippen molar-refractivity contribution in [3.63, 3.8) is 0 Å². The molecule has 1 aromatic heterocycles. The Hall–Kier alpha value is -3.47. The summed E-state index contributed by atoms with van der Waals surface area (Å²) in [7, 11) is 0. The third kappa shape index (κ3) is 3.72. The highest BCUT2D eigenvalue weighted by Gasteiger charge is 2.07.